The SMILES string of the molecule is CCCCCc1nc(N)nc2c(N)nccc12. The first-order valence-corrected chi connectivity index (χ1v) is 5.89. The molecule has 0 fully saturated rings. The third-order valence-corrected chi connectivity index (χ3v) is 2.76. The molecule has 0 amide bonds. The highest BCUT2D eigenvalue weighted by Crippen LogP contribution is 2.21. The summed E-state index contributed by atoms with van der Waals surface area (Å²) in [6, 6.07) is 1.90. The number of nitrogens with two attached hydrogens (primary N) is 2. The van der Waals surface area contributed by atoms with Gasteiger partial charge in [-0.1, -0.05) is 19.8 Å². The first-order valence-electron chi connectivity index (χ1n) is 5.89. The summed E-state index contributed by atoms with van der Waals surface area (Å²) in [6.07, 6.45) is 6.06. The van der Waals surface area contributed by atoms with E-state index in [9.17, 15) is 0 Å². The topological polar surface area (TPSA) is 90.7 Å². The number of nitrogen functional groups attached to an aromatic ring is 2. The van der Waals surface area contributed by atoms with Gasteiger partial charge in [0.15, 0.2) is 0 Å². The van der Waals surface area contributed by atoms with Gasteiger partial charge in [-0.05, 0) is 18.9 Å². The quantitative estimate of drug-likeness (QED) is 0.784. The van der Waals surface area contributed by atoms with Gasteiger partial charge in [-0.15, -0.1) is 0 Å². The lowest BCUT2D eigenvalue weighted by atomic mass is 10.1. The summed E-state index contributed by atoms with van der Waals surface area (Å²) < 4.78 is 0. The van der Waals surface area contributed by atoms with Crippen LogP contribution in [0.3, 0.4) is 0 Å². The number of nitrogens with zero attached hydrogens (tertiary/aromatic N) is 3. The lowest BCUT2D eigenvalue weighted by Gasteiger charge is -2.07. The largest absolute Gasteiger partial charge is 0.382 e. The van der Waals surface area contributed by atoms with Gasteiger partial charge in [-0.25, -0.2) is 15.0 Å². The molecule has 0 atom stereocenters. The van der Waals surface area contributed by atoms with Crippen molar-refractivity contribution >= 4 is 22.7 Å². The van der Waals surface area contributed by atoms with Gasteiger partial charge in [0.2, 0.25) is 5.95 Å². The summed E-state index contributed by atoms with van der Waals surface area (Å²) in [6.45, 7) is 2.17. The minimum atomic E-state index is 0.267. The van der Waals surface area contributed by atoms with E-state index in [1.807, 2.05) is 6.07 Å². The minimum absolute atomic E-state index is 0.267. The van der Waals surface area contributed by atoms with Crippen molar-refractivity contribution < 1.29 is 0 Å². The van der Waals surface area contributed by atoms with Crippen molar-refractivity contribution in [2.75, 3.05) is 11.5 Å². The van der Waals surface area contributed by atoms with Crippen molar-refractivity contribution in [2.24, 2.45) is 0 Å². The molecule has 0 bridgehead atoms. The van der Waals surface area contributed by atoms with Gasteiger partial charge in [0.25, 0.3) is 0 Å². The Morgan fingerprint density at radius 3 is 2.76 bits per heavy atom. The number of hydrogen-bond donors (Lipinski definition) is 2. The molecule has 0 saturated heterocycles. The molecule has 90 valence electrons. The van der Waals surface area contributed by atoms with Gasteiger partial charge in [-0.3, -0.25) is 0 Å². The zero-order valence-electron chi connectivity index (χ0n) is 9.98. The van der Waals surface area contributed by atoms with Crippen LogP contribution in [0.2, 0.25) is 0 Å². The number of pyridine rings is 1. The van der Waals surface area contributed by atoms with E-state index in [1.165, 1.54) is 12.8 Å². The number of rotatable bonds is 4. The van der Waals surface area contributed by atoms with E-state index in [1.54, 1.807) is 6.20 Å². The van der Waals surface area contributed by atoms with Crippen molar-refractivity contribution in [1.82, 2.24) is 15.0 Å². The average molecular weight is 231 g/mol. The Morgan fingerprint density at radius 1 is 1.18 bits per heavy atom. The molecule has 0 aliphatic rings. The van der Waals surface area contributed by atoms with E-state index < -0.39 is 0 Å². The molecule has 4 N–H and O–H groups in total. The second kappa shape index (κ2) is 4.95. The predicted molar refractivity (Wildman–Crippen MR) is 69.4 cm³/mol. The van der Waals surface area contributed by atoms with Crippen molar-refractivity contribution in [1.29, 1.82) is 0 Å². The van der Waals surface area contributed by atoms with Gasteiger partial charge in [0.1, 0.15) is 11.3 Å². The third-order valence-electron chi connectivity index (χ3n) is 2.76. The zero-order valence-corrected chi connectivity index (χ0v) is 9.98. The van der Waals surface area contributed by atoms with Gasteiger partial charge in [0.05, 0.1) is 5.69 Å². The molecule has 2 rings (SSSR count). The molecule has 17 heavy (non-hydrogen) atoms. The fourth-order valence-electron chi connectivity index (χ4n) is 1.89. The summed E-state index contributed by atoms with van der Waals surface area (Å²) in [5, 5.41) is 0.961. The first kappa shape index (κ1) is 11.6. The highest BCUT2D eigenvalue weighted by molar-refractivity contribution is 5.89. The van der Waals surface area contributed by atoms with Gasteiger partial charge in [-0.2, -0.15) is 0 Å². The predicted octanol–water partition coefficient (Wildman–Crippen LogP) is 1.92. The number of aryl methyl sites for hydroxylation is 1. The van der Waals surface area contributed by atoms with Crippen molar-refractivity contribution in [3.8, 4) is 0 Å². The molecular formula is C12H17N5. The van der Waals surface area contributed by atoms with Crippen molar-refractivity contribution in [2.45, 2.75) is 32.6 Å². The second-order valence-electron chi connectivity index (χ2n) is 4.08. The van der Waals surface area contributed by atoms with E-state index in [0.717, 1.165) is 23.9 Å². The molecule has 0 spiro atoms. The second-order valence-corrected chi connectivity index (χ2v) is 4.08. The van der Waals surface area contributed by atoms with Crippen LogP contribution in [0.15, 0.2) is 12.3 Å². The number of hydrogen-bond acceptors (Lipinski definition) is 5. The van der Waals surface area contributed by atoms with Crippen LogP contribution in [0, 0.1) is 0 Å². The maximum absolute atomic E-state index is 5.79. The molecule has 5 nitrogen and oxygen atoms in total. The Morgan fingerprint density at radius 2 is 2.00 bits per heavy atom. The standard InChI is InChI=1S/C12H17N5/c1-2-3-4-5-9-8-6-7-15-11(13)10(8)17-12(14)16-9/h6-7H,2-5H2,1H3,(H2,13,15)(H2,14,16,17). The number of anilines is 2. The number of unbranched alkanes of at least 4 members (excludes halogenated alkanes) is 2. The fraction of sp³-hybridized carbons (Fsp3) is 0.417. The fourth-order valence-corrected chi connectivity index (χ4v) is 1.89. The average Bonchev–Trinajstić information content (AvgIpc) is 2.31. The first-order chi connectivity index (χ1) is 8.22. The van der Waals surface area contributed by atoms with Crippen LogP contribution in [0.5, 0.6) is 0 Å². The minimum Gasteiger partial charge on any atom is -0.382 e. The lowest BCUT2D eigenvalue weighted by Crippen LogP contribution is -2.03. The van der Waals surface area contributed by atoms with Crippen molar-refractivity contribution in [3.05, 3.63) is 18.0 Å². The van der Waals surface area contributed by atoms with Gasteiger partial charge < -0.3 is 11.5 Å². The van der Waals surface area contributed by atoms with Gasteiger partial charge >= 0.3 is 0 Å². The van der Waals surface area contributed by atoms with E-state index in [2.05, 4.69) is 21.9 Å². The van der Waals surface area contributed by atoms with Crippen LogP contribution in [-0.2, 0) is 6.42 Å². The smallest absolute Gasteiger partial charge is 0.220 e. The molecule has 0 aromatic carbocycles. The van der Waals surface area contributed by atoms with Crippen LogP contribution < -0.4 is 11.5 Å². The summed E-state index contributed by atoms with van der Waals surface area (Å²) in [4.78, 5) is 12.5. The molecule has 2 aromatic rings. The molecule has 0 aliphatic heterocycles. The summed E-state index contributed by atoms with van der Waals surface area (Å²) in [7, 11) is 0. The summed E-state index contributed by atoms with van der Waals surface area (Å²) >= 11 is 0. The van der Waals surface area contributed by atoms with Crippen LogP contribution >= 0.6 is 0 Å². The molecule has 0 unspecified atom stereocenters. The van der Waals surface area contributed by atoms with Crippen molar-refractivity contribution in [3.63, 3.8) is 0 Å². The maximum atomic E-state index is 5.79. The Hall–Kier alpha value is -1.91. The number of aromatic nitrogens is 3. The van der Waals surface area contributed by atoms with Crippen LogP contribution in [0.1, 0.15) is 31.9 Å². The normalized spacial score (nSPS) is 10.9. The molecule has 0 radical (unpaired) electrons. The monoisotopic (exact) mass is 231 g/mol. The van der Waals surface area contributed by atoms with E-state index in [0.29, 0.717) is 11.3 Å². The molecule has 0 aliphatic carbocycles. The molecule has 2 heterocycles. The summed E-state index contributed by atoms with van der Waals surface area (Å²) in [5.41, 5.74) is 13.1. The summed E-state index contributed by atoms with van der Waals surface area (Å²) in [5.74, 6) is 0.678. The Bertz CT molecular complexity index is 524. The van der Waals surface area contributed by atoms with Gasteiger partial charge in [0, 0.05) is 11.6 Å². The molecule has 0 saturated carbocycles. The third kappa shape index (κ3) is 2.43. The molecular weight excluding hydrogens is 214 g/mol. The van der Waals surface area contributed by atoms with E-state index >= 15 is 0 Å². The molecule has 2 aromatic heterocycles. The van der Waals surface area contributed by atoms with Crippen LogP contribution in [0.25, 0.3) is 10.9 Å². The van der Waals surface area contributed by atoms with E-state index in [-0.39, 0.29) is 5.95 Å². The van der Waals surface area contributed by atoms with Crippen LogP contribution in [-0.4, -0.2) is 15.0 Å². The Labute approximate surface area is 100 Å². The van der Waals surface area contributed by atoms with E-state index in [4.69, 9.17) is 11.5 Å². The molecule has 5 heteroatoms. The lowest BCUT2D eigenvalue weighted by molar-refractivity contribution is 0.710. The Balaban J connectivity index is 2.43. The highest BCUT2D eigenvalue weighted by Gasteiger charge is 2.08. The Kier molecular flexibility index (Phi) is 3.37. The number of fused-ring (bicyclic) bond motifs is 1. The zero-order chi connectivity index (χ0) is 12.3. The van der Waals surface area contributed by atoms with Crippen LogP contribution in [0.4, 0.5) is 11.8 Å². The maximum Gasteiger partial charge on any atom is 0.220 e. The highest BCUT2D eigenvalue weighted by atomic mass is 15.0.